The highest BCUT2D eigenvalue weighted by Gasteiger charge is 2.36. The number of aromatic nitrogens is 3. The zero-order valence-corrected chi connectivity index (χ0v) is 20.7. The van der Waals surface area contributed by atoms with Crippen molar-refractivity contribution in [2.75, 3.05) is 13.1 Å². The SMILES string of the molecule is Bc1c(B)c(B)c2[nH]c(CN(CCCCN)[C@H]3CCC(B)(B)c4cccnc43)nc2c1B. The minimum absolute atomic E-state index is 0.172. The van der Waals surface area contributed by atoms with Gasteiger partial charge in [-0.2, -0.15) is 0 Å². The van der Waals surface area contributed by atoms with Crippen LogP contribution in [-0.4, -0.2) is 80.0 Å². The Kier molecular flexibility index (Phi) is 6.69. The molecular weight excluding hydrogens is 387 g/mol. The van der Waals surface area contributed by atoms with Gasteiger partial charge in [-0.05, 0) is 44.0 Å². The molecule has 1 aliphatic carbocycles. The molecular formula is C21H33B6N5. The lowest BCUT2D eigenvalue weighted by Gasteiger charge is -2.41. The average Bonchev–Trinajstić information content (AvgIpc) is 3.20. The maximum atomic E-state index is 5.82. The summed E-state index contributed by atoms with van der Waals surface area (Å²) in [6.45, 7) is 2.55. The third kappa shape index (κ3) is 4.22. The molecule has 4 rings (SSSR count). The van der Waals surface area contributed by atoms with E-state index in [1.807, 2.05) is 6.20 Å². The summed E-state index contributed by atoms with van der Waals surface area (Å²) >= 11 is 0. The molecule has 0 saturated heterocycles. The summed E-state index contributed by atoms with van der Waals surface area (Å²) in [5, 5.41) is 0.172. The molecule has 1 aromatic carbocycles. The van der Waals surface area contributed by atoms with Crippen LogP contribution in [0.4, 0.5) is 0 Å². The van der Waals surface area contributed by atoms with E-state index in [2.05, 4.69) is 69.1 Å². The number of unbranched alkanes of at least 4 members (excludes halogenated alkanes) is 1. The van der Waals surface area contributed by atoms with Gasteiger partial charge < -0.3 is 10.7 Å². The van der Waals surface area contributed by atoms with E-state index < -0.39 is 0 Å². The number of benzene rings is 1. The zero-order chi connectivity index (χ0) is 23.0. The van der Waals surface area contributed by atoms with E-state index >= 15 is 0 Å². The summed E-state index contributed by atoms with van der Waals surface area (Å²) in [5.41, 5.74) is 16.1. The van der Waals surface area contributed by atoms with Crippen LogP contribution in [0, 0.1) is 0 Å². The average molecular weight is 420 g/mol. The fourth-order valence-corrected chi connectivity index (χ4v) is 5.34. The van der Waals surface area contributed by atoms with Gasteiger partial charge >= 0.3 is 0 Å². The lowest BCUT2D eigenvalue weighted by atomic mass is 9.46. The number of pyridine rings is 1. The number of hydrogen-bond donors (Lipinski definition) is 2. The number of hydrogen-bond acceptors (Lipinski definition) is 4. The fraction of sp³-hybridized carbons (Fsp3) is 0.429. The molecule has 160 valence electrons. The van der Waals surface area contributed by atoms with Crippen LogP contribution >= 0.6 is 0 Å². The first-order valence-electron chi connectivity index (χ1n) is 12.1. The Labute approximate surface area is 197 Å². The first kappa shape index (κ1) is 23.3. The molecule has 1 aliphatic rings. The van der Waals surface area contributed by atoms with Crippen molar-refractivity contribution < 1.29 is 0 Å². The smallest absolute Gasteiger partial charge is 0.141 e. The largest absolute Gasteiger partial charge is 0.341 e. The van der Waals surface area contributed by atoms with Crippen molar-refractivity contribution in [2.45, 2.75) is 43.5 Å². The topological polar surface area (TPSA) is 70.8 Å². The fourth-order valence-electron chi connectivity index (χ4n) is 5.34. The molecule has 1 atom stereocenters. The van der Waals surface area contributed by atoms with Crippen molar-refractivity contribution in [3.8, 4) is 0 Å². The third-order valence-corrected chi connectivity index (χ3v) is 7.79. The monoisotopic (exact) mass is 421 g/mol. The number of aromatic amines is 1. The first-order chi connectivity index (χ1) is 15.2. The highest BCUT2D eigenvalue weighted by Crippen LogP contribution is 2.40. The highest BCUT2D eigenvalue weighted by atomic mass is 15.2. The Morgan fingerprint density at radius 2 is 1.84 bits per heavy atom. The van der Waals surface area contributed by atoms with Crippen LogP contribution in [0.15, 0.2) is 18.3 Å². The second-order valence-electron chi connectivity index (χ2n) is 10.2. The molecule has 0 bridgehead atoms. The minimum atomic E-state index is 0.172. The van der Waals surface area contributed by atoms with Crippen molar-refractivity contribution in [1.29, 1.82) is 0 Å². The molecule has 0 aliphatic heterocycles. The number of imidazole rings is 1. The van der Waals surface area contributed by atoms with Gasteiger partial charge in [0.1, 0.15) is 52.9 Å². The van der Waals surface area contributed by atoms with E-state index in [0.29, 0.717) is 6.04 Å². The minimum Gasteiger partial charge on any atom is -0.341 e. The van der Waals surface area contributed by atoms with Crippen LogP contribution in [0.1, 0.15) is 48.8 Å². The van der Waals surface area contributed by atoms with E-state index in [0.717, 1.165) is 50.2 Å². The lowest BCUT2D eigenvalue weighted by molar-refractivity contribution is 0.156. The maximum Gasteiger partial charge on any atom is 0.141 e. The summed E-state index contributed by atoms with van der Waals surface area (Å²) < 4.78 is 0. The zero-order valence-electron chi connectivity index (χ0n) is 20.7. The second-order valence-corrected chi connectivity index (χ2v) is 10.2. The van der Waals surface area contributed by atoms with Gasteiger partial charge in [-0.1, -0.05) is 39.6 Å². The Morgan fingerprint density at radius 3 is 2.59 bits per heavy atom. The highest BCUT2D eigenvalue weighted by molar-refractivity contribution is 6.66. The maximum absolute atomic E-state index is 5.82. The van der Waals surface area contributed by atoms with E-state index in [1.54, 1.807) is 0 Å². The Hall–Kier alpha value is -1.85. The third-order valence-electron chi connectivity index (χ3n) is 7.79. The molecule has 0 fully saturated rings. The van der Waals surface area contributed by atoms with Gasteiger partial charge in [-0.15, -0.1) is 0 Å². The van der Waals surface area contributed by atoms with E-state index in [4.69, 9.17) is 15.7 Å². The number of nitrogens with zero attached hydrogens (tertiary/aromatic N) is 3. The number of rotatable bonds is 7. The van der Waals surface area contributed by atoms with Crippen molar-refractivity contribution >= 4 is 80.0 Å². The quantitative estimate of drug-likeness (QED) is 0.296. The molecule has 11 heteroatoms. The number of fused-ring (bicyclic) bond motifs is 2. The number of nitrogens with two attached hydrogens (primary N) is 1. The van der Waals surface area contributed by atoms with Gasteiger partial charge in [-0.3, -0.25) is 9.88 Å². The van der Waals surface area contributed by atoms with Gasteiger partial charge in [0.2, 0.25) is 0 Å². The van der Waals surface area contributed by atoms with Gasteiger partial charge in [0, 0.05) is 6.20 Å². The van der Waals surface area contributed by atoms with Crippen LogP contribution in [0.2, 0.25) is 0 Å². The van der Waals surface area contributed by atoms with Crippen LogP contribution in [0.3, 0.4) is 0 Å². The molecule has 0 radical (unpaired) electrons. The molecule has 0 amide bonds. The molecule has 0 saturated carbocycles. The van der Waals surface area contributed by atoms with E-state index in [1.165, 1.54) is 45.0 Å². The van der Waals surface area contributed by atoms with Crippen LogP contribution in [0.25, 0.3) is 11.0 Å². The molecule has 0 unspecified atom stereocenters. The van der Waals surface area contributed by atoms with Gasteiger partial charge in [-0.25, -0.2) is 4.98 Å². The standard InChI is InChI=1S/C21H33B6N5/c22-14-15(23)17(25)20-19(16(14)24)30-13(31-20)10-32(9-2-1-7-28)12-5-6-21(26,27)11-4-3-8-29-18(11)12/h3-4,8,12H,1-2,5-7,9-10,22-28H2,(H,30,31)/t12-/m0/s1. The van der Waals surface area contributed by atoms with Crippen molar-refractivity contribution in [3.63, 3.8) is 0 Å². The van der Waals surface area contributed by atoms with Crippen molar-refractivity contribution in [3.05, 3.63) is 35.4 Å². The van der Waals surface area contributed by atoms with Crippen LogP contribution in [0.5, 0.6) is 0 Å². The van der Waals surface area contributed by atoms with E-state index in [9.17, 15) is 0 Å². The Bertz CT molecular complexity index is 1090. The lowest BCUT2D eigenvalue weighted by Crippen LogP contribution is -2.47. The molecule has 5 nitrogen and oxygen atoms in total. The predicted octanol–water partition coefficient (Wildman–Crippen LogP) is -5.51. The summed E-state index contributed by atoms with van der Waals surface area (Å²) in [6.07, 6.45) is 6.37. The predicted molar refractivity (Wildman–Crippen MR) is 152 cm³/mol. The number of nitrogens with one attached hydrogen (secondary N) is 1. The summed E-state index contributed by atoms with van der Waals surface area (Å²) in [6, 6.07) is 4.67. The summed E-state index contributed by atoms with van der Waals surface area (Å²) in [7, 11) is 13.5. The van der Waals surface area contributed by atoms with Crippen molar-refractivity contribution in [2.24, 2.45) is 5.73 Å². The molecule has 2 heterocycles. The summed E-state index contributed by atoms with van der Waals surface area (Å²) in [4.78, 5) is 16.2. The van der Waals surface area contributed by atoms with Crippen LogP contribution < -0.4 is 27.6 Å². The molecule has 2 aromatic heterocycles. The molecule has 32 heavy (non-hydrogen) atoms. The first-order valence-corrected chi connectivity index (χ1v) is 12.1. The molecule has 0 spiro atoms. The van der Waals surface area contributed by atoms with Gasteiger partial charge in [0.15, 0.2) is 0 Å². The Morgan fingerprint density at radius 1 is 1.09 bits per heavy atom. The van der Waals surface area contributed by atoms with Gasteiger partial charge in [0.05, 0.1) is 29.3 Å². The molecule has 3 N–H and O–H groups in total. The van der Waals surface area contributed by atoms with Crippen molar-refractivity contribution in [1.82, 2.24) is 19.9 Å². The summed E-state index contributed by atoms with van der Waals surface area (Å²) in [5.74, 6) is 1.05. The number of H-pyrrole nitrogens is 1. The van der Waals surface area contributed by atoms with Crippen LogP contribution in [-0.2, 0) is 11.8 Å². The molecule has 3 aromatic rings. The van der Waals surface area contributed by atoms with E-state index in [-0.39, 0.29) is 5.21 Å². The van der Waals surface area contributed by atoms with Gasteiger partial charge in [0.25, 0.3) is 0 Å². The normalized spacial score (nSPS) is 17.6. The second kappa shape index (κ2) is 9.18. The Balaban J connectivity index is 1.71.